The van der Waals surface area contributed by atoms with Gasteiger partial charge in [-0.15, -0.1) is 0 Å². The van der Waals surface area contributed by atoms with Crippen LogP contribution in [0.25, 0.3) is 0 Å². The highest BCUT2D eigenvalue weighted by Crippen LogP contribution is 2.50. The first-order valence-electron chi connectivity index (χ1n) is 7.89. The lowest BCUT2D eigenvalue weighted by molar-refractivity contribution is -0.143. The molecule has 2 aromatic rings. The van der Waals surface area contributed by atoms with Gasteiger partial charge in [0, 0.05) is 5.02 Å². The summed E-state index contributed by atoms with van der Waals surface area (Å²) >= 11 is 6.21. The third-order valence-electron chi connectivity index (χ3n) is 4.11. The van der Waals surface area contributed by atoms with Crippen molar-refractivity contribution in [3.63, 3.8) is 0 Å². The van der Waals surface area contributed by atoms with E-state index < -0.39 is 28.1 Å². The summed E-state index contributed by atoms with van der Waals surface area (Å²) < 4.78 is 32.2. The predicted octanol–water partition coefficient (Wildman–Crippen LogP) is 3.33. The van der Waals surface area contributed by atoms with Crippen LogP contribution in [0.1, 0.15) is 24.1 Å². The molecule has 0 radical (unpaired) electrons. The topological polar surface area (TPSA) is 63.5 Å². The van der Waals surface area contributed by atoms with Crippen LogP contribution in [0.3, 0.4) is 0 Å². The lowest BCUT2D eigenvalue weighted by atomic mass is 10.1. The van der Waals surface area contributed by atoms with Crippen molar-refractivity contribution in [2.24, 2.45) is 0 Å². The fourth-order valence-corrected chi connectivity index (χ4v) is 4.77. The molecule has 0 saturated carbocycles. The maximum atomic E-state index is 13.0. The van der Waals surface area contributed by atoms with Crippen LogP contribution in [0.2, 0.25) is 5.02 Å². The average molecular weight is 380 g/mol. The van der Waals surface area contributed by atoms with Gasteiger partial charge in [0.05, 0.1) is 17.5 Å². The Bertz CT molecular complexity index is 896. The van der Waals surface area contributed by atoms with Crippen LogP contribution < -0.4 is 0 Å². The fourth-order valence-electron chi connectivity index (χ4n) is 2.82. The lowest BCUT2D eigenvalue weighted by Gasteiger charge is -2.08. The molecule has 0 bridgehead atoms. The molecule has 0 N–H and O–H groups in total. The molecule has 7 heteroatoms. The molecule has 1 aliphatic heterocycles. The van der Waals surface area contributed by atoms with E-state index in [1.165, 1.54) is 12.1 Å². The highest BCUT2D eigenvalue weighted by Gasteiger charge is 2.61. The minimum absolute atomic E-state index is 0.141. The number of sulfonamides is 1. The van der Waals surface area contributed by atoms with Gasteiger partial charge in [-0.1, -0.05) is 47.5 Å². The van der Waals surface area contributed by atoms with Crippen LogP contribution in [-0.4, -0.2) is 31.3 Å². The number of hydrogen-bond acceptors (Lipinski definition) is 4. The van der Waals surface area contributed by atoms with E-state index in [0.29, 0.717) is 10.6 Å². The summed E-state index contributed by atoms with van der Waals surface area (Å²) in [4.78, 5) is 12.4. The Morgan fingerprint density at radius 1 is 1.16 bits per heavy atom. The quantitative estimate of drug-likeness (QED) is 0.590. The Morgan fingerprint density at radius 3 is 2.40 bits per heavy atom. The summed E-state index contributed by atoms with van der Waals surface area (Å²) in [5.74, 6) is -0.567. The van der Waals surface area contributed by atoms with Crippen LogP contribution in [0.15, 0.2) is 53.4 Å². The Labute approximate surface area is 152 Å². The molecule has 0 aliphatic carbocycles. The highest BCUT2D eigenvalue weighted by atomic mass is 35.5. The van der Waals surface area contributed by atoms with Crippen molar-refractivity contribution in [1.82, 2.24) is 4.31 Å². The molecule has 25 heavy (non-hydrogen) atoms. The molecule has 5 nitrogen and oxygen atoms in total. The average Bonchev–Trinajstić information content (AvgIpc) is 3.32. The van der Waals surface area contributed by atoms with Crippen LogP contribution in [-0.2, 0) is 19.6 Å². The number of halogens is 1. The lowest BCUT2D eigenvalue weighted by Crippen LogP contribution is -2.21. The van der Waals surface area contributed by atoms with E-state index in [0.717, 1.165) is 9.87 Å². The maximum Gasteiger partial charge on any atom is 0.326 e. The van der Waals surface area contributed by atoms with E-state index in [1.54, 1.807) is 43.3 Å². The number of carbonyl (C=O) groups excluding carboxylic acids is 1. The zero-order valence-corrected chi connectivity index (χ0v) is 15.4. The number of benzene rings is 2. The second-order valence-corrected chi connectivity index (χ2v) is 8.06. The molecular weight excluding hydrogens is 362 g/mol. The van der Waals surface area contributed by atoms with Gasteiger partial charge in [0.25, 0.3) is 0 Å². The summed E-state index contributed by atoms with van der Waals surface area (Å²) in [5.41, 5.74) is 1.55. The molecule has 1 saturated heterocycles. The van der Waals surface area contributed by atoms with Crippen molar-refractivity contribution < 1.29 is 17.9 Å². The van der Waals surface area contributed by atoms with Crippen LogP contribution >= 0.6 is 11.6 Å². The van der Waals surface area contributed by atoms with Gasteiger partial charge in [0.15, 0.2) is 0 Å². The number of carbonyl (C=O) groups is 1. The minimum atomic E-state index is -3.84. The zero-order valence-electron chi connectivity index (χ0n) is 13.8. The Hall–Kier alpha value is -1.89. The largest absolute Gasteiger partial charge is 0.465 e. The van der Waals surface area contributed by atoms with Gasteiger partial charge >= 0.3 is 5.97 Å². The van der Waals surface area contributed by atoms with Crippen molar-refractivity contribution in [2.45, 2.75) is 30.8 Å². The molecule has 3 atom stereocenters. The van der Waals surface area contributed by atoms with E-state index in [4.69, 9.17) is 16.3 Å². The third kappa shape index (κ3) is 3.29. The number of aryl methyl sites for hydroxylation is 1. The highest BCUT2D eigenvalue weighted by molar-refractivity contribution is 7.89. The van der Waals surface area contributed by atoms with Crippen molar-refractivity contribution >= 4 is 27.6 Å². The second kappa shape index (κ2) is 6.78. The number of esters is 1. The summed E-state index contributed by atoms with van der Waals surface area (Å²) in [6.45, 7) is 3.74. The summed E-state index contributed by atoms with van der Waals surface area (Å²) in [6.07, 6.45) is 0. The molecule has 1 aliphatic rings. The predicted molar refractivity (Wildman–Crippen MR) is 94.8 cm³/mol. The molecule has 132 valence electrons. The monoisotopic (exact) mass is 379 g/mol. The van der Waals surface area contributed by atoms with Crippen molar-refractivity contribution in [3.8, 4) is 0 Å². The van der Waals surface area contributed by atoms with Gasteiger partial charge in [-0.05, 0) is 37.6 Å². The van der Waals surface area contributed by atoms with E-state index in [1.807, 2.05) is 6.92 Å². The minimum Gasteiger partial charge on any atom is -0.465 e. The third-order valence-corrected chi connectivity index (χ3v) is 6.33. The molecule has 1 unspecified atom stereocenters. The van der Waals surface area contributed by atoms with Crippen LogP contribution in [0.4, 0.5) is 0 Å². The van der Waals surface area contributed by atoms with Crippen molar-refractivity contribution in [2.75, 3.05) is 6.61 Å². The first-order chi connectivity index (χ1) is 11.9. The number of ether oxygens (including phenoxy) is 1. The first-order valence-corrected chi connectivity index (χ1v) is 9.71. The maximum absolute atomic E-state index is 13.0. The van der Waals surface area contributed by atoms with Gasteiger partial charge < -0.3 is 4.74 Å². The normalized spacial score (nSPS) is 22.4. The van der Waals surface area contributed by atoms with Gasteiger partial charge in [0.1, 0.15) is 6.04 Å². The van der Waals surface area contributed by atoms with E-state index >= 15 is 0 Å². The van der Waals surface area contributed by atoms with E-state index in [2.05, 4.69) is 0 Å². The zero-order chi connectivity index (χ0) is 18.2. The number of hydrogen-bond donors (Lipinski definition) is 0. The number of rotatable bonds is 5. The molecule has 1 heterocycles. The van der Waals surface area contributed by atoms with Crippen molar-refractivity contribution in [1.29, 1.82) is 0 Å². The smallest absolute Gasteiger partial charge is 0.326 e. The van der Waals surface area contributed by atoms with Gasteiger partial charge in [-0.2, -0.15) is 4.31 Å². The molecule has 3 rings (SSSR count). The fraction of sp³-hybridized carbons (Fsp3) is 0.278. The van der Waals surface area contributed by atoms with E-state index in [-0.39, 0.29) is 11.5 Å². The second-order valence-electron chi connectivity index (χ2n) is 5.81. The van der Waals surface area contributed by atoms with Crippen LogP contribution in [0, 0.1) is 6.92 Å². The molecule has 0 aromatic heterocycles. The summed E-state index contributed by atoms with van der Waals surface area (Å²) in [6, 6.07) is 11.9. The Balaban J connectivity index is 2.01. The summed E-state index contributed by atoms with van der Waals surface area (Å²) in [5, 5.41) is 0.420. The molecule has 0 amide bonds. The standard InChI is InChI=1S/C18H18ClNO4S/c1-3-24-18(21)17-16(14-6-4-5-7-15(14)19)20(17)25(22,23)13-10-8-12(2)9-11-13/h4-11,16-17H,3H2,1-2H3/t16-,17+,20?/m1/s1. The van der Waals surface area contributed by atoms with Gasteiger partial charge in [0.2, 0.25) is 10.0 Å². The van der Waals surface area contributed by atoms with Gasteiger partial charge in [-0.3, -0.25) is 4.79 Å². The van der Waals surface area contributed by atoms with Gasteiger partial charge in [-0.25, -0.2) is 8.42 Å². The Morgan fingerprint density at radius 2 is 1.80 bits per heavy atom. The Kier molecular flexibility index (Phi) is 4.86. The SMILES string of the molecule is CCOC(=O)[C@@H]1[C@@H](c2ccccc2Cl)N1S(=O)(=O)c1ccc(C)cc1. The van der Waals surface area contributed by atoms with E-state index in [9.17, 15) is 13.2 Å². The van der Waals surface area contributed by atoms with Crippen LogP contribution in [0.5, 0.6) is 0 Å². The summed E-state index contributed by atoms with van der Waals surface area (Å²) in [7, 11) is -3.84. The molecule has 0 spiro atoms. The molecule has 1 fully saturated rings. The molecular formula is C18H18ClNO4S. The number of nitrogens with zero attached hydrogens (tertiary/aromatic N) is 1. The first kappa shape index (κ1) is 17.9. The molecule has 2 aromatic carbocycles. The van der Waals surface area contributed by atoms with Crippen molar-refractivity contribution in [3.05, 3.63) is 64.7 Å².